The SMILES string of the molecule is C=C1C(=O)O[C@@H](C2CCCCC2)O[C@H]1C1CCCCC1. The predicted molar refractivity (Wildman–Crippen MR) is 77.0 cm³/mol. The second kappa shape index (κ2) is 6.30. The molecule has 2 atom stereocenters. The van der Waals surface area contributed by atoms with E-state index < -0.39 is 0 Å². The van der Waals surface area contributed by atoms with Gasteiger partial charge in [0.25, 0.3) is 0 Å². The number of carbonyl (C=O) groups is 1. The van der Waals surface area contributed by atoms with Crippen molar-refractivity contribution in [2.75, 3.05) is 0 Å². The van der Waals surface area contributed by atoms with E-state index >= 15 is 0 Å². The third-order valence-corrected chi connectivity index (χ3v) is 5.22. The largest absolute Gasteiger partial charge is 0.432 e. The van der Waals surface area contributed by atoms with E-state index in [-0.39, 0.29) is 18.4 Å². The molecule has 1 heterocycles. The van der Waals surface area contributed by atoms with Gasteiger partial charge in [0.15, 0.2) is 0 Å². The highest BCUT2D eigenvalue weighted by molar-refractivity contribution is 5.89. The van der Waals surface area contributed by atoms with Crippen molar-refractivity contribution >= 4 is 5.97 Å². The van der Waals surface area contributed by atoms with Crippen molar-refractivity contribution in [3.63, 3.8) is 0 Å². The van der Waals surface area contributed by atoms with E-state index in [1.54, 1.807) is 0 Å². The third-order valence-electron chi connectivity index (χ3n) is 5.22. The lowest BCUT2D eigenvalue weighted by atomic mass is 9.82. The average molecular weight is 278 g/mol. The van der Waals surface area contributed by atoms with Crippen molar-refractivity contribution in [3.8, 4) is 0 Å². The molecule has 112 valence electrons. The molecule has 0 aromatic heterocycles. The fraction of sp³-hybridized carbons (Fsp3) is 0.824. The lowest BCUT2D eigenvalue weighted by Crippen LogP contribution is -2.45. The summed E-state index contributed by atoms with van der Waals surface area (Å²) in [7, 11) is 0. The van der Waals surface area contributed by atoms with E-state index in [0.717, 1.165) is 25.7 Å². The molecular formula is C17H26O3. The summed E-state index contributed by atoms with van der Waals surface area (Å²) in [4.78, 5) is 12.1. The number of hydrogen-bond acceptors (Lipinski definition) is 3. The second-order valence-electron chi connectivity index (χ2n) is 6.65. The summed E-state index contributed by atoms with van der Waals surface area (Å²) in [5, 5.41) is 0. The van der Waals surface area contributed by atoms with Gasteiger partial charge in [0.1, 0.15) is 0 Å². The molecule has 0 bridgehead atoms. The Bertz CT molecular complexity index is 364. The van der Waals surface area contributed by atoms with E-state index in [1.165, 1.54) is 38.5 Å². The van der Waals surface area contributed by atoms with Gasteiger partial charge in [-0.1, -0.05) is 45.1 Å². The Balaban J connectivity index is 1.68. The van der Waals surface area contributed by atoms with Crippen molar-refractivity contribution in [2.45, 2.75) is 76.6 Å². The number of rotatable bonds is 2. The van der Waals surface area contributed by atoms with Crippen LogP contribution in [-0.4, -0.2) is 18.4 Å². The van der Waals surface area contributed by atoms with E-state index in [0.29, 0.717) is 17.4 Å². The minimum absolute atomic E-state index is 0.0940. The molecule has 3 nitrogen and oxygen atoms in total. The molecule has 2 saturated carbocycles. The van der Waals surface area contributed by atoms with Crippen LogP contribution in [0.1, 0.15) is 64.2 Å². The zero-order chi connectivity index (χ0) is 13.9. The molecule has 0 spiro atoms. The van der Waals surface area contributed by atoms with Crippen molar-refractivity contribution in [1.29, 1.82) is 0 Å². The van der Waals surface area contributed by atoms with Crippen LogP contribution in [0.3, 0.4) is 0 Å². The fourth-order valence-corrected chi connectivity index (χ4v) is 4.00. The van der Waals surface area contributed by atoms with Crippen LogP contribution < -0.4 is 0 Å². The van der Waals surface area contributed by atoms with Gasteiger partial charge < -0.3 is 9.47 Å². The maximum Gasteiger partial charge on any atom is 0.338 e. The maximum absolute atomic E-state index is 12.1. The van der Waals surface area contributed by atoms with Gasteiger partial charge in [0, 0.05) is 5.92 Å². The fourth-order valence-electron chi connectivity index (χ4n) is 4.00. The molecule has 0 aromatic carbocycles. The zero-order valence-electron chi connectivity index (χ0n) is 12.3. The van der Waals surface area contributed by atoms with Gasteiger partial charge in [0.2, 0.25) is 6.29 Å². The predicted octanol–water partition coefficient (Wildman–Crippen LogP) is 3.97. The van der Waals surface area contributed by atoms with Crippen LogP contribution in [0.25, 0.3) is 0 Å². The van der Waals surface area contributed by atoms with Gasteiger partial charge >= 0.3 is 5.97 Å². The highest BCUT2D eigenvalue weighted by Gasteiger charge is 2.41. The number of cyclic esters (lactones) is 1. The summed E-state index contributed by atoms with van der Waals surface area (Å²) in [5.74, 6) is 0.643. The zero-order valence-corrected chi connectivity index (χ0v) is 12.3. The molecule has 2 aliphatic carbocycles. The molecule has 1 saturated heterocycles. The third kappa shape index (κ3) is 2.93. The van der Waals surface area contributed by atoms with Crippen LogP contribution in [0.2, 0.25) is 0 Å². The van der Waals surface area contributed by atoms with Crippen molar-refractivity contribution in [1.82, 2.24) is 0 Å². The summed E-state index contributed by atoms with van der Waals surface area (Å²) in [6.45, 7) is 3.93. The Morgan fingerprint density at radius 1 is 0.850 bits per heavy atom. The van der Waals surface area contributed by atoms with Crippen molar-refractivity contribution in [3.05, 3.63) is 12.2 Å². The Labute approximate surface area is 121 Å². The number of carbonyl (C=O) groups excluding carboxylic acids is 1. The second-order valence-corrected chi connectivity index (χ2v) is 6.65. The molecule has 0 radical (unpaired) electrons. The Kier molecular flexibility index (Phi) is 4.45. The molecule has 20 heavy (non-hydrogen) atoms. The first-order valence-electron chi connectivity index (χ1n) is 8.31. The van der Waals surface area contributed by atoms with Gasteiger partial charge in [0.05, 0.1) is 11.7 Å². The van der Waals surface area contributed by atoms with Crippen LogP contribution in [-0.2, 0) is 14.3 Å². The van der Waals surface area contributed by atoms with E-state index in [9.17, 15) is 4.79 Å². The van der Waals surface area contributed by atoms with Gasteiger partial charge in [-0.25, -0.2) is 4.79 Å². The van der Waals surface area contributed by atoms with Crippen LogP contribution in [0, 0.1) is 11.8 Å². The summed E-state index contributed by atoms with van der Waals surface area (Å²) in [6.07, 6.45) is 11.7. The molecule has 3 aliphatic rings. The topological polar surface area (TPSA) is 35.5 Å². The van der Waals surface area contributed by atoms with Gasteiger partial charge in [-0.2, -0.15) is 0 Å². The quantitative estimate of drug-likeness (QED) is 0.566. The summed E-state index contributed by atoms with van der Waals surface area (Å²) in [6, 6.07) is 0. The maximum atomic E-state index is 12.1. The van der Waals surface area contributed by atoms with E-state index in [2.05, 4.69) is 6.58 Å². The molecule has 3 heteroatoms. The number of esters is 1. The van der Waals surface area contributed by atoms with Crippen LogP contribution in [0.4, 0.5) is 0 Å². The van der Waals surface area contributed by atoms with E-state index in [1.807, 2.05) is 0 Å². The Morgan fingerprint density at radius 2 is 1.40 bits per heavy atom. The monoisotopic (exact) mass is 278 g/mol. The minimum Gasteiger partial charge on any atom is -0.432 e. The van der Waals surface area contributed by atoms with Crippen molar-refractivity contribution < 1.29 is 14.3 Å². The molecule has 0 aromatic rings. The highest BCUT2D eigenvalue weighted by atomic mass is 16.7. The summed E-state index contributed by atoms with van der Waals surface area (Å²) < 4.78 is 11.7. The standard InChI is InChI=1S/C17H26O3/c1-12-15(13-8-4-2-5-9-13)19-17(20-16(12)18)14-10-6-3-7-11-14/h13-15,17H,1-11H2/t15-,17+/m1/s1. The molecule has 1 aliphatic heterocycles. The first-order chi connectivity index (χ1) is 9.75. The first-order valence-corrected chi connectivity index (χ1v) is 8.31. The molecule has 0 amide bonds. The lowest BCUT2D eigenvalue weighted by molar-refractivity contribution is -0.226. The molecular weight excluding hydrogens is 252 g/mol. The molecule has 0 N–H and O–H groups in total. The van der Waals surface area contributed by atoms with Crippen molar-refractivity contribution in [2.24, 2.45) is 11.8 Å². The smallest absolute Gasteiger partial charge is 0.338 e. The Morgan fingerprint density at radius 3 is 2.00 bits per heavy atom. The summed E-state index contributed by atoms with van der Waals surface area (Å²) in [5.41, 5.74) is 0.545. The van der Waals surface area contributed by atoms with Crippen LogP contribution in [0.15, 0.2) is 12.2 Å². The average Bonchev–Trinajstić information content (AvgIpc) is 2.51. The Hall–Kier alpha value is -0.830. The first kappa shape index (κ1) is 14.1. The van der Waals surface area contributed by atoms with Gasteiger partial charge in [-0.15, -0.1) is 0 Å². The molecule has 0 unspecified atom stereocenters. The normalized spacial score (nSPS) is 34.0. The van der Waals surface area contributed by atoms with Gasteiger partial charge in [-0.3, -0.25) is 0 Å². The van der Waals surface area contributed by atoms with Crippen LogP contribution >= 0.6 is 0 Å². The lowest BCUT2D eigenvalue weighted by Gasteiger charge is -2.40. The van der Waals surface area contributed by atoms with E-state index in [4.69, 9.17) is 9.47 Å². The molecule has 3 rings (SSSR count). The number of ether oxygens (including phenoxy) is 2. The molecule has 3 fully saturated rings. The summed E-state index contributed by atoms with van der Waals surface area (Å²) >= 11 is 0. The highest BCUT2D eigenvalue weighted by Crippen LogP contribution is 2.38. The van der Waals surface area contributed by atoms with Gasteiger partial charge in [-0.05, 0) is 31.6 Å². The minimum atomic E-state index is -0.319. The van der Waals surface area contributed by atoms with Crippen LogP contribution in [0.5, 0.6) is 0 Å². The number of hydrogen-bond donors (Lipinski definition) is 0.